The summed E-state index contributed by atoms with van der Waals surface area (Å²) in [5.41, 5.74) is 1.22. The summed E-state index contributed by atoms with van der Waals surface area (Å²) in [4.78, 5) is 23.9. The van der Waals surface area contributed by atoms with E-state index in [2.05, 4.69) is 41.9 Å². The Labute approximate surface area is 183 Å². The van der Waals surface area contributed by atoms with Crippen LogP contribution in [-0.4, -0.2) is 25.6 Å². The number of rotatable bonds is 6. The van der Waals surface area contributed by atoms with Gasteiger partial charge in [0.15, 0.2) is 6.61 Å². The van der Waals surface area contributed by atoms with Gasteiger partial charge in [-0.15, -0.1) is 0 Å². The van der Waals surface area contributed by atoms with E-state index in [9.17, 15) is 14.9 Å². The predicted octanol–water partition coefficient (Wildman–Crippen LogP) is 4.45. The number of carbonyl (C=O) groups is 2. The van der Waals surface area contributed by atoms with Crippen LogP contribution in [0.4, 0.5) is 5.69 Å². The maximum absolute atomic E-state index is 12.4. The van der Waals surface area contributed by atoms with E-state index in [1.807, 2.05) is 12.1 Å². The van der Waals surface area contributed by atoms with Gasteiger partial charge in [0.05, 0.1) is 21.6 Å². The zero-order chi connectivity index (χ0) is 21.4. The Morgan fingerprint density at radius 3 is 2.28 bits per heavy atom. The number of nitrogens with zero attached hydrogens (tertiary/aromatic N) is 2. The smallest absolute Gasteiger partial charge is 0.337 e. The van der Waals surface area contributed by atoms with Crippen LogP contribution >= 0.6 is 31.9 Å². The lowest BCUT2D eigenvalue weighted by Crippen LogP contribution is -2.13. The summed E-state index contributed by atoms with van der Waals surface area (Å²) in [7, 11) is 1.28. The van der Waals surface area contributed by atoms with Crippen molar-refractivity contribution in [2.75, 3.05) is 19.0 Å². The van der Waals surface area contributed by atoms with Crippen LogP contribution in [0.1, 0.15) is 15.9 Å². The van der Waals surface area contributed by atoms with E-state index in [-0.39, 0.29) is 12.2 Å². The fourth-order valence-electron chi connectivity index (χ4n) is 2.23. The van der Waals surface area contributed by atoms with Gasteiger partial charge in [-0.3, -0.25) is 4.79 Å². The maximum Gasteiger partial charge on any atom is 0.337 e. The Morgan fingerprint density at radius 1 is 1.14 bits per heavy atom. The molecule has 0 unspecified atom stereocenters. The largest absolute Gasteiger partial charge is 0.476 e. The van der Waals surface area contributed by atoms with Gasteiger partial charge in [-0.2, -0.15) is 10.5 Å². The van der Waals surface area contributed by atoms with Gasteiger partial charge in [-0.25, -0.2) is 4.79 Å². The molecule has 0 aliphatic heterocycles. The van der Waals surface area contributed by atoms with Gasteiger partial charge in [-0.05, 0) is 79.9 Å². The molecule has 2 aromatic rings. The van der Waals surface area contributed by atoms with Crippen LogP contribution in [0.15, 0.2) is 50.9 Å². The van der Waals surface area contributed by atoms with E-state index in [0.29, 0.717) is 31.5 Å². The lowest BCUT2D eigenvalue weighted by Gasteiger charge is -2.09. The van der Waals surface area contributed by atoms with Crippen molar-refractivity contribution in [2.24, 2.45) is 0 Å². The minimum absolute atomic E-state index is 0.118. The molecule has 0 aliphatic carbocycles. The fourth-order valence-corrected chi connectivity index (χ4v) is 3.68. The molecule has 0 bridgehead atoms. The van der Waals surface area contributed by atoms with Gasteiger partial charge >= 0.3 is 5.97 Å². The highest BCUT2D eigenvalue weighted by atomic mass is 79.9. The number of hydrogen-bond donors (Lipinski definition) is 1. The van der Waals surface area contributed by atoms with Crippen molar-refractivity contribution in [3.05, 3.63) is 62.0 Å². The number of ether oxygens (including phenoxy) is 2. The van der Waals surface area contributed by atoms with Crippen molar-refractivity contribution >= 4 is 55.5 Å². The minimum atomic E-state index is -0.602. The number of halogens is 2. The van der Waals surface area contributed by atoms with Crippen molar-refractivity contribution in [1.82, 2.24) is 0 Å². The van der Waals surface area contributed by atoms with Gasteiger partial charge in [0.25, 0.3) is 5.91 Å². The molecule has 2 rings (SSSR count). The van der Waals surface area contributed by atoms with Crippen LogP contribution in [0.3, 0.4) is 0 Å². The second-order valence-electron chi connectivity index (χ2n) is 5.45. The van der Waals surface area contributed by atoms with Crippen molar-refractivity contribution in [1.29, 1.82) is 10.5 Å². The molecule has 0 aliphatic rings. The highest BCUT2D eigenvalue weighted by molar-refractivity contribution is 9.11. The topological polar surface area (TPSA) is 112 Å². The van der Waals surface area contributed by atoms with E-state index < -0.39 is 11.9 Å². The number of hydrogen-bond acceptors (Lipinski definition) is 6. The zero-order valence-corrected chi connectivity index (χ0v) is 18.2. The lowest BCUT2D eigenvalue weighted by molar-refractivity contribution is -0.112. The van der Waals surface area contributed by atoms with Crippen LogP contribution in [0.5, 0.6) is 5.75 Å². The molecule has 0 fully saturated rings. The number of esters is 1. The highest BCUT2D eigenvalue weighted by Gasteiger charge is 2.13. The number of benzene rings is 2. The molecule has 0 saturated carbocycles. The lowest BCUT2D eigenvalue weighted by atomic mass is 10.1. The Bertz CT molecular complexity index is 1030. The third-order valence-electron chi connectivity index (χ3n) is 3.54. The van der Waals surface area contributed by atoms with E-state index in [0.717, 1.165) is 0 Å². The molecule has 0 spiro atoms. The molecule has 1 N–H and O–H groups in total. The Kier molecular flexibility index (Phi) is 7.96. The van der Waals surface area contributed by atoms with E-state index >= 15 is 0 Å². The molecule has 146 valence electrons. The predicted molar refractivity (Wildman–Crippen MR) is 113 cm³/mol. The second kappa shape index (κ2) is 10.4. The van der Waals surface area contributed by atoms with Gasteiger partial charge < -0.3 is 14.8 Å². The molecule has 0 heterocycles. The average molecular weight is 519 g/mol. The minimum Gasteiger partial charge on any atom is -0.476 e. The molecule has 0 aromatic heterocycles. The number of carbonyl (C=O) groups excluding carboxylic acids is 2. The normalized spacial score (nSPS) is 10.4. The van der Waals surface area contributed by atoms with E-state index in [1.54, 1.807) is 12.1 Å². The molecule has 9 heteroatoms. The summed E-state index contributed by atoms with van der Waals surface area (Å²) in [6.45, 7) is -0.118. The molecule has 2 aromatic carbocycles. The quantitative estimate of drug-likeness (QED) is 0.343. The number of nitriles is 2. The molecule has 0 radical (unpaired) electrons. The number of amides is 1. The van der Waals surface area contributed by atoms with Crippen LogP contribution in [0, 0.1) is 22.7 Å². The first-order valence-electron chi connectivity index (χ1n) is 8.00. The van der Waals surface area contributed by atoms with Crippen molar-refractivity contribution in [3.8, 4) is 17.9 Å². The van der Waals surface area contributed by atoms with Crippen LogP contribution < -0.4 is 10.1 Å². The third kappa shape index (κ3) is 5.92. The third-order valence-corrected chi connectivity index (χ3v) is 4.72. The summed E-state index contributed by atoms with van der Waals surface area (Å²) in [5.74, 6) is -0.647. The molecule has 0 saturated heterocycles. The monoisotopic (exact) mass is 517 g/mol. The molecule has 29 heavy (non-hydrogen) atoms. The maximum atomic E-state index is 12.4. The van der Waals surface area contributed by atoms with Gasteiger partial charge in [0.1, 0.15) is 23.5 Å². The highest BCUT2D eigenvalue weighted by Crippen LogP contribution is 2.35. The van der Waals surface area contributed by atoms with Crippen molar-refractivity contribution in [3.63, 3.8) is 0 Å². The van der Waals surface area contributed by atoms with E-state index in [4.69, 9.17) is 10.00 Å². The second-order valence-corrected chi connectivity index (χ2v) is 7.16. The summed E-state index contributed by atoms with van der Waals surface area (Å²) in [5, 5.41) is 20.6. The first kappa shape index (κ1) is 22.2. The standard InChI is InChI=1S/C20H13Br2N3O4/c1-28-20(27)13-2-4-15(5-3-13)25-19(26)14(11-24)8-12-9-16(21)18(17(22)10-12)29-7-6-23/h2-5,8-10H,7H2,1H3,(H,25,26)/b14-8+. The van der Waals surface area contributed by atoms with E-state index in [1.165, 1.54) is 37.5 Å². The van der Waals surface area contributed by atoms with Gasteiger partial charge in [-0.1, -0.05) is 0 Å². The SMILES string of the molecule is COC(=O)c1ccc(NC(=O)/C(C#N)=C/c2cc(Br)c(OCC#N)c(Br)c2)cc1. The van der Waals surface area contributed by atoms with Crippen LogP contribution in [0.2, 0.25) is 0 Å². The molecular formula is C20H13Br2N3O4. The van der Waals surface area contributed by atoms with Gasteiger partial charge in [0, 0.05) is 5.69 Å². The fraction of sp³-hybridized carbons (Fsp3) is 0.100. The molecule has 1 amide bonds. The number of methoxy groups -OCH3 is 1. The number of anilines is 1. The Morgan fingerprint density at radius 2 is 1.76 bits per heavy atom. The average Bonchev–Trinajstić information content (AvgIpc) is 2.71. The first-order valence-corrected chi connectivity index (χ1v) is 9.58. The summed E-state index contributed by atoms with van der Waals surface area (Å²) < 4.78 is 11.0. The van der Waals surface area contributed by atoms with Gasteiger partial charge in [0.2, 0.25) is 0 Å². The summed E-state index contributed by atoms with van der Waals surface area (Å²) >= 11 is 6.68. The number of nitrogens with one attached hydrogen (secondary N) is 1. The molecular weight excluding hydrogens is 506 g/mol. The van der Waals surface area contributed by atoms with Crippen molar-refractivity contribution < 1.29 is 19.1 Å². The summed E-state index contributed by atoms with van der Waals surface area (Å²) in [6, 6.07) is 13.1. The first-order chi connectivity index (χ1) is 13.9. The Balaban J connectivity index is 2.21. The van der Waals surface area contributed by atoms with Crippen molar-refractivity contribution in [2.45, 2.75) is 0 Å². The van der Waals surface area contributed by atoms with Crippen LogP contribution in [0.25, 0.3) is 6.08 Å². The summed E-state index contributed by atoms with van der Waals surface area (Å²) in [6.07, 6.45) is 1.42. The molecule has 0 atom stereocenters. The molecule has 7 nitrogen and oxygen atoms in total. The zero-order valence-electron chi connectivity index (χ0n) is 15.0. The van der Waals surface area contributed by atoms with Crippen LogP contribution in [-0.2, 0) is 9.53 Å². The Hall–Kier alpha value is -3.14.